The molecule has 2 aromatic carbocycles. The van der Waals surface area contributed by atoms with Crippen LogP contribution in [0.5, 0.6) is 11.5 Å². The van der Waals surface area contributed by atoms with Gasteiger partial charge in [-0.25, -0.2) is 4.79 Å². The number of aromatic carboxylic acids is 1. The average Bonchev–Trinajstić information content (AvgIpc) is 3.13. The van der Waals surface area contributed by atoms with E-state index in [0.717, 1.165) is 18.4 Å². The van der Waals surface area contributed by atoms with Crippen molar-refractivity contribution in [3.63, 3.8) is 0 Å². The number of carboxylic acid groups (broad SMARTS) is 1. The number of rotatable bonds is 13. The smallest absolute Gasteiger partial charge is 0.335 e. The number of anilines is 1. The minimum atomic E-state index is -1.06. The number of ether oxygens (including phenoxy) is 2. The number of carbonyl (C=O) groups is 2. The van der Waals surface area contributed by atoms with Gasteiger partial charge < -0.3 is 14.6 Å². The lowest BCUT2D eigenvalue weighted by Gasteiger charge is -2.18. The van der Waals surface area contributed by atoms with Crippen LogP contribution >= 0.6 is 24.0 Å². The molecule has 1 saturated heterocycles. The summed E-state index contributed by atoms with van der Waals surface area (Å²) in [6.45, 7) is 6.71. The topological polar surface area (TPSA) is 76.1 Å². The first kappa shape index (κ1) is 27.7. The number of amides is 1. The lowest BCUT2D eigenvalue weighted by atomic mass is 10.1. The van der Waals surface area contributed by atoms with Gasteiger partial charge in [-0.3, -0.25) is 9.69 Å². The second kappa shape index (κ2) is 13.5. The van der Waals surface area contributed by atoms with Crippen molar-refractivity contribution in [1.29, 1.82) is 0 Å². The van der Waals surface area contributed by atoms with Gasteiger partial charge in [0.2, 0.25) is 0 Å². The SMILES string of the molecule is CCCCCCCC(C)Oc1ccc(/C=C2/SC(=S)N(c3cccc(C(=O)O)c3)C2=O)cc1OCC. The molecule has 0 aliphatic carbocycles. The molecule has 1 N–H and O–H groups in total. The Bertz CT molecular complexity index is 1130. The summed E-state index contributed by atoms with van der Waals surface area (Å²) in [6.07, 6.45) is 8.97. The van der Waals surface area contributed by atoms with Crippen LogP contribution in [-0.2, 0) is 4.79 Å². The number of carboxylic acids is 1. The van der Waals surface area contributed by atoms with Gasteiger partial charge in [0, 0.05) is 0 Å². The molecule has 6 nitrogen and oxygen atoms in total. The molecule has 1 fully saturated rings. The van der Waals surface area contributed by atoms with Crippen molar-refractivity contribution in [2.45, 2.75) is 65.4 Å². The molecule has 1 amide bonds. The number of benzene rings is 2. The maximum absolute atomic E-state index is 13.1. The molecular weight excluding hydrogens is 494 g/mol. The largest absolute Gasteiger partial charge is 0.490 e. The van der Waals surface area contributed by atoms with E-state index in [1.165, 1.54) is 54.5 Å². The molecule has 0 saturated carbocycles. The third-order valence-electron chi connectivity index (χ3n) is 5.75. The molecular formula is C28H33NO5S2. The fourth-order valence-corrected chi connectivity index (χ4v) is 5.21. The van der Waals surface area contributed by atoms with Gasteiger partial charge in [-0.15, -0.1) is 0 Å². The van der Waals surface area contributed by atoms with Gasteiger partial charge in [0.05, 0.1) is 28.9 Å². The minimum absolute atomic E-state index is 0.0782. The van der Waals surface area contributed by atoms with Crippen molar-refractivity contribution in [2.24, 2.45) is 0 Å². The van der Waals surface area contributed by atoms with Crippen molar-refractivity contribution < 1.29 is 24.2 Å². The number of unbranched alkanes of at least 4 members (excludes halogenated alkanes) is 4. The molecule has 1 atom stereocenters. The highest BCUT2D eigenvalue weighted by atomic mass is 32.2. The lowest BCUT2D eigenvalue weighted by Crippen LogP contribution is -2.27. The third-order valence-corrected chi connectivity index (χ3v) is 7.05. The van der Waals surface area contributed by atoms with Crippen LogP contribution in [0.2, 0.25) is 0 Å². The summed E-state index contributed by atoms with van der Waals surface area (Å²) in [4.78, 5) is 26.3. The summed E-state index contributed by atoms with van der Waals surface area (Å²) in [5, 5.41) is 9.28. The van der Waals surface area contributed by atoms with E-state index in [1.807, 2.05) is 25.1 Å². The van der Waals surface area contributed by atoms with Crippen LogP contribution in [-0.4, -0.2) is 34.0 Å². The molecule has 0 spiro atoms. The van der Waals surface area contributed by atoms with Crippen LogP contribution < -0.4 is 14.4 Å². The molecule has 8 heteroatoms. The molecule has 1 heterocycles. The zero-order chi connectivity index (χ0) is 26.1. The zero-order valence-electron chi connectivity index (χ0n) is 21.0. The normalized spacial score (nSPS) is 15.4. The fourth-order valence-electron chi connectivity index (χ4n) is 3.91. The second-order valence-electron chi connectivity index (χ2n) is 8.64. The van der Waals surface area contributed by atoms with Gasteiger partial charge in [0.1, 0.15) is 0 Å². The third kappa shape index (κ3) is 7.34. The summed E-state index contributed by atoms with van der Waals surface area (Å²) in [5.41, 5.74) is 1.32. The van der Waals surface area contributed by atoms with E-state index in [2.05, 4.69) is 13.8 Å². The van der Waals surface area contributed by atoms with Crippen molar-refractivity contribution >= 4 is 51.9 Å². The van der Waals surface area contributed by atoms with E-state index in [4.69, 9.17) is 21.7 Å². The summed E-state index contributed by atoms with van der Waals surface area (Å²) in [7, 11) is 0. The van der Waals surface area contributed by atoms with Crippen LogP contribution in [0, 0.1) is 0 Å². The molecule has 3 rings (SSSR count). The number of hydrogen-bond acceptors (Lipinski definition) is 6. The minimum Gasteiger partial charge on any atom is -0.490 e. The van der Waals surface area contributed by atoms with Crippen molar-refractivity contribution in [1.82, 2.24) is 0 Å². The van der Waals surface area contributed by atoms with Crippen molar-refractivity contribution in [3.05, 3.63) is 58.5 Å². The van der Waals surface area contributed by atoms with E-state index in [9.17, 15) is 14.7 Å². The first-order chi connectivity index (χ1) is 17.3. The Kier molecular flexibility index (Phi) is 10.4. The maximum atomic E-state index is 13.1. The van der Waals surface area contributed by atoms with E-state index in [-0.39, 0.29) is 17.6 Å². The predicted molar refractivity (Wildman–Crippen MR) is 150 cm³/mol. The molecule has 36 heavy (non-hydrogen) atoms. The van der Waals surface area contributed by atoms with Crippen LogP contribution in [0.15, 0.2) is 47.4 Å². The van der Waals surface area contributed by atoms with Gasteiger partial charge in [-0.2, -0.15) is 0 Å². The number of hydrogen-bond donors (Lipinski definition) is 1. The molecule has 0 bridgehead atoms. The van der Waals surface area contributed by atoms with E-state index in [0.29, 0.717) is 33.0 Å². The van der Waals surface area contributed by atoms with Crippen molar-refractivity contribution in [2.75, 3.05) is 11.5 Å². The first-order valence-corrected chi connectivity index (χ1v) is 13.6. The Morgan fingerprint density at radius 3 is 2.61 bits per heavy atom. The van der Waals surface area contributed by atoms with E-state index < -0.39 is 5.97 Å². The Hall–Kier alpha value is -2.84. The Morgan fingerprint density at radius 2 is 1.89 bits per heavy atom. The van der Waals surface area contributed by atoms with Crippen LogP contribution in [0.3, 0.4) is 0 Å². The van der Waals surface area contributed by atoms with Gasteiger partial charge in [0.15, 0.2) is 15.8 Å². The van der Waals surface area contributed by atoms with Crippen LogP contribution in [0.4, 0.5) is 5.69 Å². The van der Waals surface area contributed by atoms with Gasteiger partial charge in [-0.1, -0.05) is 68.7 Å². The monoisotopic (exact) mass is 527 g/mol. The molecule has 2 aromatic rings. The number of thiocarbonyl (C=S) groups is 1. The highest BCUT2D eigenvalue weighted by molar-refractivity contribution is 8.27. The highest BCUT2D eigenvalue weighted by Gasteiger charge is 2.33. The number of carbonyl (C=O) groups excluding carboxylic acids is 1. The Balaban J connectivity index is 1.74. The van der Waals surface area contributed by atoms with E-state index in [1.54, 1.807) is 18.2 Å². The fraction of sp³-hybridized carbons (Fsp3) is 0.393. The average molecular weight is 528 g/mol. The quantitative estimate of drug-likeness (QED) is 0.166. The molecule has 0 aromatic heterocycles. The maximum Gasteiger partial charge on any atom is 0.335 e. The highest BCUT2D eigenvalue weighted by Crippen LogP contribution is 2.37. The van der Waals surface area contributed by atoms with Gasteiger partial charge in [-0.05, 0) is 68.7 Å². The number of thioether (sulfide) groups is 1. The van der Waals surface area contributed by atoms with Crippen LogP contribution in [0.25, 0.3) is 6.08 Å². The summed E-state index contributed by atoms with van der Waals surface area (Å²) in [5.74, 6) is -0.0289. The molecule has 0 radical (unpaired) electrons. The summed E-state index contributed by atoms with van der Waals surface area (Å²) >= 11 is 6.61. The van der Waals surface area contributed by atoms with Gasteiger partial charge in [0.25, 0.3) is 5.91 Å². The molecule has 192 valence electrons. The van der Waals surface area contributed by atoms with Crippen LogP contribution in [0.1, 0.15) is 75.2 Å². The van der Waals surface area contributed by atoms with E-state index >= 15 is 0 Å². The van der Waals surface area contributed by atoms with Gasteiger partial charge >= 0.3 is 5.97 Å². The molecule has 1 aliphatic rings. The Labute approximate surface area is 222 Å². The molecule has 1 aliphatic heterocycles. The lowest BCUT2D eigenvalue weighted by molar-refractivity contribution is -0.113. The van der Waals surface area contributed by atoms with Crippen molar-refractivity contribution in [3.8, 4) is 11.5 Å². The summed E-state index contributed by atoms with van der Waals surface area (Å²) < 4.78 is 12.4. The first-order valence-electron chi connectivity index (χ1n) is 12.4. The predicted octanol–water partition coefficient (Wildman–Crippen LogP) is 7.32. The second-order valence-corrected chi connectivity index (χ2v) is 10.3. The Morgan fingerprint density at radius 1 is 1.11 bits per heavy atom. The zero-order valence-corrected chi connectivity index (χ0v) is 22.6. The standard InChI is InChI=1S/C28H33NO5S2/c1-4-6-7-8-9-11-19(3)34-23-15-14-20(16-24(23)33-5-2)17-25-26(30)29(28(35)36-25)22-13-10-12-21(18-22)27(31)32/h10,12-19H,4-9,11H2,1-3H3,(H,31,32)/b25-17+. The summed E-state index contributed by atoms with van der Waals surface area (Å²) in [6, 6.07) is 11.8. The number of nitrogens with zero attached hydrogens (tertiary/aromatic N) is 1. The molecule has 1 unspecified atom stereocenters.